The molecule has 1 unspecified atom stereocenters. The number of ether oxygens (including phenoxy) is 2. The second kappa shape index (κ2) is 7.22. The molecule has 0 saturated carbocycles. The number of hydrogen-bond donors (Lipinski definition) is 0. The van der Waals surface area contributed by atoms with Crippen molar-refractivity contribution in [1.29, 1.82) is 0 Å². The Bertz CT molecular complexity index is 494. The summed E-state index contributed by atoms with van der Waals surface area (Å²) in [6.45, 7) is 8.02. The van der Waals surface area contributed by atoms with Gasteiger partial charge in [0.05, 0.1) is 22.3 Å². The summed E-state index contributed by atoms with van der Waals surface area (Å²) < 4.78 is 9.65. The molecule has 0 spiro atoms. The zero-order chi connectivity index (χ0) is 16.0. The smallest absolute Gasteiger partial charge is 0.320 e. The summed E-state index contributed by atoms with van der Waals surface area (Å²) in [7, 11) is 0.455. The van der Waals surface area contributed by atoms with E-state index in [-0.39, 0.29) is 5.54 Å². The van der Waals surface area contributed by atoms with Gasteiger partial charge < -0.3 is 9.47 Å². The van der Waals surface area contributed by atoms with Gasteiger partial charge in [0.2, 0.25) is 0 Å². The van der Waals surface area contributed by atoms with E-state index in [9.17, 15) is 9.59 Å². The van der Waals surface area contributed by atoms with Crippen LogP contribution in [0.4, 0.5) is 0 Å². The van der Waals surface area contributed by atoms with Crippen LogP contribution in [0, 0.1) is 5.92 Å². The number of methoxy groups -OCH3 is 2. The third-order valence-electron chi connectivity index (χ3n) is 3.73. The molecule has 1 atom stereocenters. The van der Waals surface area contributed by atoms with Gasteiger partial charge in [-0.05, 0) is 5.56 Å². The topological polar surface area (TPSA) is 52.6 Å². The first-order valence-corrected chi connectivity index (χ1v) is 9.88. The third kappa shape index (κ3) is 3.82. The molecule has 1 aromatic rings. The maximum absolute atomic E-state index is 12.2. The van der Waals surface area contributed by atoms with Crippen molar-refractivity contribution < 1.29 is 19.1 Å². The summed E-state index contributed by atoms with van der Waals surface area (Å²) in [5, 5.41) is 0. The second-order valence-electron chi connectivity index (χ2n) is 5.44. The van der Waals surface area contributed by atoms with E-state index in [1.807, 2.05) is 36.0 Å². The van der Waals surface area contributed by atoms with E-state index in [1.54, 1.807) is 0 Å². The van der Waals surface area contributed by atoms with Crippen molar-refractivity contribution in [2.45, 2.75) is 18.6 Å². The predicted octanol–water partition coefficient (Wildman–Crippen LogP) is 2.71. The zero-order valence-electron chi connectivity index (χ0n) is 13.0. The van der Waals surface area contributed by atoms with E-state index in [0.29, 0.717) is 0 Å². The molecule has 5 heteroatoms. The van der Waals surface area contributed by atoms with E-state index >= 15 is 0 Å². The van der Waals surface area contributed by atoms with Gasteiger partial charge in [0.25, 0.3) is 0 Å². The van der Waals surface area contributed by atoms with Crippen molar-refractivity contribution in [3.05, 3.63) is 48.2 Å². The fraction of sp³-hybridized carbons (Fsp3) is 0.375. The molecule has 0 aliphatic heterocycles. The maximum Gasteiger partial charge on any atom is 0.320 e. The van der Waals surface area contributed by atoms with Gasteiger partial charge in [-0.1, -0.05) is 43.4 Å². The van der Waals surface area contributed by atoms with Crippen LogP contribution in [0.3, 0.4) is 0 Å². The van der Waals surface area contributed by atoms with Crippen LogP contribution in [0.1, 0.15) is 11.1 Å². The van der Waals surface area contributed by atoms with Crippen LogP contribution in [0.25, 0.3) is 0 Å². The van der Waals surface area contributed by atoms with Gasteiger partial charge in [-0.3, -0.25) is 9.59 Å². The van der Waals surface area contributed by atoms with Gasteiger partial charge in [0.1, 0.15) is 0 Å². The Labute approximate surface area is 126 Å². The van der Waals surface area contributed by atoms with Crippen molar-refractivity contribution >= 4 is 20.0 Å². The monoisotopic (exact) mass is 306 g/mol. The van der Waals surface area contributed by atoms with Gasteiger partial charge in [-0.25, -0.2) is 0 Å². The molecule has 0 fully saturated rings. The fourth-order valence-electron chi connectivity index (χ4n) is 2.46. The molecule has 0 aliphatic carbocycles. The highest BCUT2D eigenvalue weighted by Gasteiger charge is 2.45. The van der Waals surface area contributed by atoms with E-state index < -0.39 is 25.9 Å². The molecule has 4 nitrogen and oxygen atoms in total. The molecule has 0 amide bonds. The van der Waals surface area contributed by atoms with Gasteiger partial charge in [0.15, 0.2) is 5.92 Å². The Balaban J connectivity index is 3.43. The quantitative estimate of drug-likeness (QED) is 0.461. The third-order valence-corrected chi connectivity index (χ3v) is 7.05. The van der Waals surface area contributed by atoms with E-state index in [1.165, 1.54) is 14.2 Å². The lowest BCUT2D eigenvalue weighted by atomic mass is 9.98. The van der Waals surface area contributed by atoms with Crippen LogP contribution in [-0.2, 0) is 19.1 Å². The van der Waals surface area contributed by atoms with Crippen molar-refractivity contribution in [3.8, 4) is 0 Å². The minimum Gasteiger partial charge on any atom is -0.468 e. The van der Waals surface area contributed by atoms with E-state index in [0.717, 1.165) is 5.56 Å². The molecular weight excluding hydrogens is 284 g/mol. The first-order valence-electron chi connectivity index (χ1n) is 6.73. The Morgan fingerprint density at radius 1 is 1.10 bits per heavy atom. The molecule has 0 aliphatic rings. The van der Waals surface area contributed by atoms with Gasteiger partial charge in [-0.2, -0.15) is 0 Å². The van der Waals surface area contributed by atoms with Crippen LogP contribution < -0.4 is 0 Å². The number of esters is 2. The average Bonchev–Trinajstić information content (AvgIpc) is 2.51. The SMILES string of the molecule is C=C[Si](C)(C)C(c1ccccc1)C(C(=O)OC)C(=O)OC. The second-order valence-corrected chi connectivity index (χ2v) is 10.1. The molecule has 0 aromatic heterocycles. The minimum absolute atomic E-state index is 0.281. The first-order chi connectivity index (χ1) is 9.88. The van der Waals surface area contributed by atoms with Crippen LogP contribution >= 0.6 is 0 Å². The highest BCUT2D eigenvalue weighted by Crippen LogP contribution is 2.36. The van der Waals surface area contributed by atoms with Crippen molar-refractivity contribution in [3.63, 3.8) is 0 Å². The molecule has 0 saturated heterocycles. The van der Waals surface area contributed by atoms with Crippen molar-refractivity contribution in [2.75, 3.05) is 14.2 Å². The lowest BCUT2D eigenvalue weighted by molar-refractivity contribution is -0.159. The predicted molar refractivity (Wildman–Crippen MR) is 84.4 cm³/mol. The maximum atomic E-state index is 12.2. The van der Waals surface area contributed by atoms with Crippen molar-refractivity contribution in [1.82, 2.24) is 0 Å². The van der Waals surface area contributed by atoms with E-state index in [4.69, 9.17) is 9.47 Å². The highest BCUT2D eigenvalue weighted by molar-refractivity contribution is 6.83. The standard InChI is InChI=1S/C16H22O4Si/c1-6-21(4,5)14(12-10-8-7-9-11-12)13(15(17)19-2)16(18)20-3/h6-11,13-14H,1H2,2-5H3. The lowest BCUT2D eigenvalue weighted by Crippen LogP contribution is -2.44. The van der Waals surface area contributed by atoms with Gasteiger partial charge >= 0.3 is 11.9 Å². The summed E-state index contributed by atoms with van der Waals surface area (Å²) in [6.07, 6.45) is 0. The molecule has 0 N–H and O–H groups in total. The summed E-state index contributed by atoms with van der Waals surface area (Å²) in [5.74, 6) is -2.11. The zero-order valence-corrected chi connectivity index (χ0v) is 14.0. The normalized spacial score (nSPS) is 12.6. The molecule has 1 aromatic carbocycles. The molecule has 1 rings (SSSR count). The molecule has 0 heterocycles. The number of carbonyl (C=O) groups is 2. The Morgan fingerprint density at radius 3 is 1.95 bits per heavy atom. The Morgan fingerprint density at radius 2 is 1.57 bits per heavy atom. The molecule has 0 bridgehead atoms. The molecular formula is C16H22O4Si. The van der Waals surface area contributed by atoms with E-state index in [2.05, 4.69) is 19.7 Å². The lowest BCUT2D eigenvalue weighted by Gasteiger charge is -2.33. The van der Waals surface area contributed by atoms with Crippen LogP contribution in [-0.4, -0.2) is 34.2 Å². The van der Waals surface area contributed by atoms with Crippen LogP contribution in [0.2, 0.25) is 13.1 Å². The van der Waals surface area contributed by atoms with Crippen molar-refractivity contribution in [2.24, 2.45) is 5.92 Å². The summed E-state index contributed by atoms with van der Waals surface area (Å²) >= 11 is 0. The minimum atomic E-state index is -2.11. The number of hydrogen-bond acceptors (Lipinski definition) is 4. The first kappa shape index (κ1) is 17.2. The summed E-state index contributed by atoms with van der Waals surface area (Å²) in [4.78, 5) is 24.3. The average molecular weight is 306 g/mol. The van der Waals surface area contributed by atoms with Gasteiger partial charge in [-0.15, -0.1) is 12.3 Å². The number of rotatable bonds is 6. The Kier molecular flexibility index (Phi) is 5.90. The van der Waals surface area contributed by atoms with Gasteiger partial charge in [0, 0.05) is 5.54 Å². The number of carbonyl (C=O) groups excluding carboxylic acids is 2. The largest absolute Gasteiger partial charge is 0.468 e. The molecule has 21 heavy (non-hydrogen) atoms. The van der Waals surface area contributed by atoms with Crippen LogP contribution in [0.15, 0.2) is 42.6 Å². The summed E-state index contributed by atoms with van der Waals surface area (Å²) in [5.41, 5.74) is 2.52. The Hall–Kier alpha value is -1.88. The molecule has 114 valence electrons. The summed E-state index contributed by atoms with van der Waals surface area (Å²) in [6, 6.07) is 9.51. The van der Waals surface area contributed by atoms with Crippen LogP contribution in [0.5, 0.6) is 0 Å². The molecule has 0 radical (unpaired) electrons. The fourth-order valence-corrected chi connectivity index (χ4v) is 4.90. The highest BCUT2D eigenvalue weighted by atomic mass is 28.3. The number of benzene rings is 1.